The highest BCUT2D eigenvalue weighted by Crippen LogP contribution is 2.27. The Hall–Kier alpha value is -1.19. The molecule has 2 atom stereocenters. The van der Waals surface area contributed by atoms with Crippen LogP contribution in [0.15, 0.2) is 24.3 Å². The molecule has 1 heterocycles. The third-order valence-corrected chi connectivity index (χ3v) is 3.30. The summed E-state index contributed by atoms with van der Waals surface area (Å²) in [5.41, 5.74) is 7.71. The molecule has 86 valence electrons. The molecule has 0 radical (unpaired) electrons. The van der Waals surface area contributed by atoms with Crippen LogP contribution in [0.25, 0.3) is 0 Å². The molecule has 3 N–H and O–H groups in total. The van der Waals surface area contributed by atoms with Crippen molar-refractivity contribution in [1.29, 1.82) is 0 Å². The lowest BCUT2D eigenvalue weighted by Crippen LogP contribution is -2.42. The zero-order valence-corrected chi connectivity index (χ0v) is 9.36. The summed E-state index contributed by atoms with van der Waals surface area (Å²) in [7, 11) is 0. The predicted molar refractivity (Wildman–Crippen MR) is 64.6 cm³/mol. The summed E-state index contributed by atoms with van der Waals surface area (Å²) >= 11 is 0. The fourth-order valence-electron chi connectivity index (χ4n) is 2.37. The Morgan fingerprint density at radius 2 is 2.38 bits per heavy atom. The van der Waals surface area contributed by atoms with Gasteiger partial charge in [0, 0.05) is 18.2 Å². The van der Waals surface area contributed by atoms with Crippen LogP contribution in [0.4, 0.5) is 0 Å². The van der Waals surface area contributed by atoms with Crippen molar-refractivity contribution in [2.24, 2.45) is 5.73 Å². The Labute approximate surface area is 96.0 Å². The first-order valence-corrected chi connectivity index (χ1v) is 5.82. The second-order valence-corrected chi connectivity index (χ2v) is 4.40. The smallest absolute Gasteiger partial charge is 0.150 e. The van der Waals surface area contributed by atoms with E-state index in [9.17, 15) is 4.79 Å². The van der Waals surface area contributed by atoms with Gasteiger partial charge in [-0.25, -0.2) is 0 Å². The molecule has 2 unspecified atom stereocenters. The average molecular weight is 218 g/mol. The summed E-state index contributed by atoms with van der Waals surface area (Å²) in [6, 6.07) is 8.32. The molecule has 1 fully saturated rings. The highest BCUT2D eigenvalue weighted by molar-refractivity contribution is 5.75. The number of piperidine rings is 1. The molecule has 1 aromatic carbocycles. The summed E-state index contributed by atoms with van der Waals surface area (Å²) in [4.78, 5) is 10.7. The Bertz CT molecular complexity index is 365. The number of benzene rings is 1. The summed E-state index contributed by atoms with van der Waals surface area (Å²) in [5, 5.41) is 3.40. The minimum absolute atomic E-state index is 0.415. The number of hydrogen-bond acceptors (Lipinski definition) is 3. The van der Waals surface area contributed by atoms with Crippen LogP contribution in [0.2, 0.25) is 0 Å². The van der Waals surface area contributed by atoms with E-state index in [0.29, 0.717) is 18.5 Å². The molecule has 1 saturated heterocycles. The fourth-order valence-corrected chi connectivity index (χ4v) is 2.37. The van der Waals surface area contributed by atoms with Gasteiger partial charge in [0.25, 0.3) is 0 Å². The number of carbonyl (C=O) groups is 1. The van der Waals surface area contributed by atoms with E-state index in [-0.39, 0.29) is 0 Å². The summed E-state index contributed by atoms with van der Waals surface area (Å²) in [5.74, 6) is 0.537. The van der Waals surface area contributed by atoms with Crippen molar-refractivity contribution < 1.29 is 4.79 Å². The molecule has 0 bridgehead atoms. The van der Waals surface area contributed by atoms with Crippen molar-refractivity contribution in [1.82, 2.24) is 5.32 Å². The first kappa shape index (κ1) is 11.3. The lowest BCUT2D eigenvalue weighted by Gasteiger charge is -2.30. The molecule has 2 rings (SSSR count). The van der Waals surface area contributed by atoms with Gasteiger partial charge < -0.3 is 11.1 Å². The topological polar surface area (TPSA) is 55.1 Å². The van der Waals surface area contributed by atoms with Gasteiger partial charge in [-0.1, -0.05) is 18.2 Å². The van der Waals surface area contributed by atoms with Gasteiger partial charge in [0.15, 0.2) is 0 Å². The van der Waals surface area contributed by atoms with Gasteiger partial charge >= 0.3 is 0 Å². The SMILES string of the molecule is NCC1CC(c2cccc(C=O)c2)CCN1. The van der Waals surface area contributed by atoms with Crippen molar-refractivity contribution in [3.8, 4) is 0 Å². The molecule has 0 aliphatic carbocycles. The van der Waals surface area contributed by atoms with Crippen LogP contribution in [-0.4, -0.2) is 25.4 Å². The van der Waals surface area contributed by atoms with Gasteiger partial charge in [-0.05, 0) is 36.9 Å². The molecular formula is C13H18N2O. The Morgan fingerprint density at radius 3 is 3.12 bits per heavy atom. The van der Waals surface area contributed by atoms with Crippen LogP contribution in [0.5, 0.6) is 0 Å². The lowest BCUT2D eigenvalue weighted by atomic mass is 9.86. The van der Waals surface area contributed by atoms with Crippen molar-refractivity contribution >= 4 is 6.29 Å². The largest absolute Gasteiger partial charge is 0.329 e. The van der Waals surface area contributed by atoms with Gasteiger partial charge in [0.1, 0.15) is 6.29 Å². The summed E-state index contributed by atoms with van der Waals surface area (Å²) in [6.45, 7) is 1.70. The minimum atomic E-state index is 0.415. The van der Waals surface area contributed by atoms with Gasteiger partial charge in [-0.2, -0.15) is 0 Å². The van der Waals surface area contributed by atoms with E-state index in [1.165, 1.54) is 5.56 Å². The van der Waals surface area contributed by atoms with Crippen molar-refractivity contribution in [2.75, 3.05) is 13.1 Å². The average Bonchev–Trinajstić information content (AvgIpc) is 2.39. The molecule has 1 aliphatic rings. The first-order chi connectivity index (χ1) is 7.83. The van der Waals surface area contributed by atoms with Crippen LogP contribution in [0.3, 0.4) is 0 Å². The Morgan fingerprint density at radius 1 is 1.50 bits per heavy atom. The maximum Gasteiger partial charge on any atom is 0.150 e. The minimum Gasteiger partial charge on any atom is -0.329 e. The van der Waals surface area contributed by atoms with E-state index >= 15 is 0 Å². The number of carbonyl (C=O) groups excluding carboxylic acids is 1. The van der Waals surface area contributed by atoms with Crippen LogP contribution in [-0.2, 0) is 0 Å². The second-order valence-electron chi connectivity index (χ2n) is 4.40. The zero-order chi connectivity index (χ0) is 11.4. The van der Waals surface area contributed by atoms with E-state index in [2.05, 4.69) is 11.4 Å². The zero-order valence-electron chi connectivity index (χ0n) is 9.36. The summed E-state index contributed by atoms with van der Waals surface area (Å²) < 4.78 is 0. The number of nitrogens with two attached hydrogens (primary N) is 1. The van der Waals surface area contributed by atoms with Crippen LogP contribution in [0, 0.1) is 0 Å². The lowest BCUT2D eigenvalue weighted by molar-refractivity contribution is 0.112. The quantitative estimate of drug-likeness (QED) is 0.752. The number of hydrogen-bond donors (Lipinski definition) is 2. The molecule has 3 heteroatoms. The van der Waals surface area contributed by atoms with E-state index in [4.69, 9.17) is 5.73 Å². The molecule has 0 saturated carbocycles. The maximum atomic E-state index is 10.7. The molecule has 3 nitrogen and oxygen atoms in total. The molecular weight excluding hydrogens is 200 g/mol. The van der Waals surface area contributed by atoms with Gasteiger partial charge in [-0.3, -0.25) is 4.79 Å². The van der Waals surface area contributed by atoms with E-state index in [0.717, 1.165) is 31.2 Å². The molecule has 0 spiro atoms. The fraction of sp³-hybridized carbons (Fsp3) is 0.462. The highest BCUT2D eigenvalue weighted by Gasteiger charge is 2.21. The maximum absolute atomic E-state index is 10.7. The third kappa shape index (κ3) is 2.49. The summed E-state index contributed by atoms with van der Waals surface area (Å²) in [6.07, 6.45) is 3.10. The second kappa shape index (κ2) is 5.23. The highest BCUT2D eigenvalue weighted by atomic mass is 16.1. The third-order valence-electron chi connectivity index (χ3n) is 3.30. The van der Waals surface area contributed by atoms with E-state index in [1.54, 1.807) is 0 Å². The molecule has 1 aliphatic heterocycles. The molecule has 1 aromatic rings. The molecule has 16 heavy (non-hydrogen) atoms. The number of aldehydes is 1. The van der Waals surface area contributed by atoms with Gasteiger partial charge in [-0.15, -0.1) is 0 Å². The Balaban J connectivity index is 2.13. The standard InChI is InChI=1S/C13H18N2O/c14-8-13-7-12(4-5-15-13)11-3-1-2-10(6-11)9-16/h1-3,6,9,12-13,15H,4-5,7-8,14H2. The van der Waals surface area contributed by atoms with Crippen molar-refractivity contribution in [2.45, 2.75) is 24.8 Å². The van der Waals surface area contributed by atoms with E-state index in [1.807, 2.05) is 18.2 Å². The van der Waals surface area contributed by atoms with E-state index < -0.39 is 0 Å². The first-order valence-electron chi connectivity index (χ1n) is 5.82. The molecule has 0 aromatic heterocycles. The predicted octanol–water partition coefficient (Wildman–Crippen LogP) is 1.29. The normalized spacial score (nSPS) is 25.3. The van der Waals surface area contributed by atoms with Crippen LogP contribution in [0.1, 0.15) is 34.7 Å². The monoisotopic (exact) mass is 218 g/mol. The van der Waals surface area contributed by atoms with Crippen LogP contribution < -0.4 is 11.1 Å². The van der Waals surface area contributed by atoms with Gasteiger partial charge in [0.2, 0.25) is 0 Å². The van der Waals surface area contributed by atoms with Crippen molar-refractivity contribution in [3.05, 3.63) is 35.4 Å². The van der Waals surface area contributed by atoms with Crippen LogP contribution >= 0.6 is 0 Å². The van der Waals surface area contributed by atoms with Crippen molar-refractivity contribution in [3.63, 3.8) is 0 Å². The number of nitrogens with one attached hydrogen (secondary N) is 1. The Kier molecular flexibility index (Phi) is 3.70. The molecule has 0 amide bonds. The number of rotatable bonds is 3. The van der Waals surface area contributed by atoms with Gasteiger partial charge in [0.05, 0.1) is 0 Å².